The van der Waals surface area contributed by atoms with Crippen LogP contribution in [0.25, 0.3) is 11.0 Å². The number of hydrogen-bond donors (Lipinski definition) is 1. The van der Waals surface area contributed by atoms with E-state index in [1.54, 1.807) is 6.92 Å². The van der Waals surface area contributed by atoms with Crippen LogP contribution in [0, 0.1) is 11.7 Å². The van der Waals surface area contributed by atoms with Crippen LogP contribution < -0.4 is 10.9 Å². The molecule has 1 N–H and O–H groups in total. The molecule has 0 bridgehead atoms. The van der Waals surface area contributed by atoms with E-state index in [4.69, 9.17) is 9.15 Å². The molecule has 0 saturated heterocycles. The van der Waals surface area contributed by atoms with E-state index in [2.05, 4.69) is 5.32 Å². The van der Waals surface area contributed by atoms with Crippen molar-refractivity contribution in [2.45, 2.75) is 26.8 Å². The van der Waals surface area contributed by atoms with Crippen molar-refractivity contribution >= 4 is 16.9 Å². The van der Waals surface area contributed by atoms with Crippen LogP contribution in [0.3, 0.4) is 0 Å². The lowest BCUT2D eigenvalue weighted by molar-refractivity contribution is 0.0789. The summed E-state index contributed by atoms with van der Waals surface area (Å²) in [6.07, 6.45) is 0. The van der Waals surface area contributed by atoms with Crippen LogP contribution in [0.2, 0.25) is 0 Å². The summed E-state index contributed by atoms with van der Waals surface area (Å²) in [4.78, 5) is 24.1. The van der Waals surface area contributed by atoms with Gasteiger partial charge in [0.2, 0.25) is 0 Å². The predicted octanol–water partition coefficient (Wildman–Crippen LogP) is 2.72. The van der Waals surface area contributed by atoms with Crippen molar-refractivity contribution in [2.24, 2.45) is 5.92 Å². The van der Waals surface area contributed by atoms with Crippen molar-refractivity contribution in [1.29, 1.82) is 0 Å². The molecular formula is C17H20FNO4. The second kappa shape index (κ2) is 7.37. The number of carbonyl (C=O) groups excluding carboxylic acids is 1. The monoisotopic (exact) mass is 321 g/mol. The fourth-order valence-electron chi connectivity index (χ4n) is 2.08. The third kappa shape index (κ3) is 4.63. The highest BCUT2D eigenvalue weighted by Gasteiger charge is 2.16. The first-order valence-electron chi connectivity index (χ1n) is 7.49. The van der Waals surface area contributed by atoms with Gasteiger partial charge in [0, 0.05) is 18.0 Å². The Bertz CT molecular complexity index is 754. The SMILES string of the molecule is CC(C)COCC(C)NC(=O)c1cc2cc(F)ccc2oc1=O. The number of halogens is 1. The molecule has 1 unspecified atom stereocenters. The molecule has 1 amide bonds. The molecule has 1 aromatic carbocycles. The van der Waals surface area contributed by atoms with Crippen LogP contribution in [0.15, 0.2) is 33.5 Å². The zero-order valence-electron chi connectivity index (χ0n) is 13.4. The lowest BCUT2D eigenvalue weighted by atomic mass is 10.1. The van der Waals surface area contributed by atoms with E-state index in [1.165, 1.54) is 24.3 Å². The van der Waals surface area contributed by atoms with E-state index in [0.29, 0.717) is 24.5 Å². The van der Waals surface area contributed by atoms with Crippen LogP contribution >= 0.6 is 0 Å². The first-order valence-corrected chi connectivity index (χ1v) is 7.49. The Kier molecular flexibility index (Phi) is 5.50. The first-order chi connectivity index (χ1) is 10.9. The second-order valence-corrected chi connectivity index (χ2v) is 5.94. The molecule has 2 aromatic rings. The van der Waals surface area contributed by atoms with Gasteiger partial charge in [0.25, 0.3) is 5.91 Å². The fraction of sp³-hybridized carbons (Fsp3) is 0.412. The highest BCUT2D eigenvalue weighted by Crippen LogP contribution is 2.15. The number of rotatable bonds is 6. The van der Waals surface area contributed by atoms with Crippen molar-refractivity contribution in [1.82, 2.24) is 5.32 Å². The minimum Gasteiger partial charge on any atom is -0.422 e. The maximum absolute atomic E-state index is 13.2. The van der Waals surface area contributed by atoms with Crippen LogP contribution in [0.5, 0.6) is 0 Å². The third-order valence-corrected chi connectivity index (χ3v) is 3.14. The molecule has 0 radical (unpaired) electrons. The van der Waals surface area contributed by atoms with Crippen LogP contribution in [-0.2, 0) is 4.74 Å². The molecule has 2 rings (SSSR count). The largest absolute Gasteiger partial charge is 0.422 e. The van der Waals surface area contributed by atoms with Gasteiger partial charge in [-0.2, -0.15) is 0 Å². The zero-order chi connectivity index (χ0) is 17.0. The molecule has 5 nitrogen and oxygen atoms in total. The Balaban J connectivity index is 2.11. The van der Waals surface area contributed by atoms with E-state index < -0.39 is 17.3 Å². The molecule has 6 heteroatoms. The van der Waals surface area contributed by atoms with Crippen molar-refractivity contribution in [3.8, 4) is 0 Å². The van der Waals surface area contributed by atoms with Gasteiger partial charge in [-0.25, -0.2) is 9.18 Å². The minimum atomic E-state index is -0.753. The van der Waals surface area contributed by atoms with Gasteiger partial charge in [0.05, 0.1) is 6.61 Å². The molecule has 0 fully saturated rings. The predicted molar refractivity (Wildman–Crippen MR) is 85.0 cm³/mol. The van der Waals surface area contributed by atoms with E-state index in [-0.39, 0.29) is 17.2 Å². The quantitative estimate of drug-likeness (QED) is 0.831. The molecular weight excluding hydrogens is 301 g/mol. The molecule has 23 heavy (non-hydrogen) atoms. The summed E-state index contributed by atoms with van der Waals surface area (Å²) >= 11 is 0. The van der Waals surface area contributed by atoms with Crippen molar-refractivity contribution in [3.05, 3.63) is 46.1 Å². The number of benzene rings is 1. The molecule has 124 valence electrons. The number of carbonyl (C=O) groups is 1. The van der Waals surface area contributed by atoms with Crippen LogP contribution in [0.1, 0.15) is 31.1 Å². The molecule has 1 aromatic heterocycles. The van der Waals surface area contributed by atoms with Crippen LogP contribution in [0.4, 0.5) is 4.39 Å². The van der Waals surface area contributed by atoms with Gasteiger partial charge >= 0.3 is 5.63 Å². The minimum absolute atomic E-state index is 0.154. The number of amides is 1. The summed E-state index contributed by atoms with van der Waals surface area (Å²) in [5, 5.41) is 3.03. The third-order valence-electron chi connectivity index (χ3n) is 3.14. The molecule has 1 heterocycles. The van der Waals surface area contributed by atoms with Gasteiger partial charge in [-0.3, -0.25) is 4.79 Å². The van der Waals surface area contributed by atoms with E-state index in [0.717, 1.165) is 0 Å². The molecule has 0 aliphatic carbocycles. The number of nitrogens with one attached hydrogen (secondary N) is 1. The highest BCUT2D eigenvalue weighted by molar-refractivity contribution is 5.96. The van der Waals surface area contributed by atoms with Crippen molar-refractivity contribution in [3.63, 3.8) is 0 Å². The second-order valence-electron chi connectivity index (χ2n) is 5.94. The Morgan fingerprint density at radius 3 is 2.70 bits per heavy atom. The Hall–Kier alpha value is -2.21. The summed E-state index contributed by atoms with van der Waals surface area (Å²) < 4.78 is 23.7. The van der Waals surface area contributed by atoms with Gasteiger partial charge < -0.3 is 14.5 Å². The average molecular weight is 321 g/mol. The van der Waals surface area contributed by atoms with Gasteiger partial charge in [-0.05, 0) is 37.1 Å². The standard InChI is InChI=1S/C17H20FNO4/c1-10(2)8-22-9-11(3)19-16(20)14-7-12-6-13(18)4-5-15(12)23-17(14)21/h4-7,10-11H,8-9H2,1-3H3,(H,19,20). The van der Waals surface area contributed by atoms with E-state index in [1.807, 2.05) is 13.8 Å². The fourth-order valence-corrected chi connectivity index (χ4v) is 2.08. The molecule has 0 spiro atoms. The maximum Gasteiger partial charge on any atom is 0.349 e. The topological polar surface area (TPSA) is 68.5 Å². The Morgan fingerprint density at radius 2 is 2.00 bits per heavy atom. The van der Waals surface area contributed by atoms with E-state index in [9.17, 15) is 14.0 Å². The zero-order valence-corrected chi connectivity index (χ0v) is 13.4. The normalized spacial score (nSPS) is 12.6. The highest BCUT2D eigenvalue weighted by atomic mass is 19.1. The van der Waals surface area contributed by atoms with Gasteiger partial charge in [0.1, 0.15) is 17.0 Å². The van der Waals surface area contributed by atoms with Crippen molar-refractivity contribution in [2.75, 3.05) is 13.2 Å². The number of ether oxygens (including phenoxy) is 1. The molecule has 0 aliphatic heterocycles. The molecule has 1 atom stereocenters. The van der Waals surface area contributed by atoms with Crippen LogP contribution in [-0.4, -0.2) is 25.2 Å². The Morgan fingerprint density at radius 1 is 1.26 bits per heavy atom. The van der Waals surface area contributed by atoms with Gasteiger partial charge in [0.15, 0.2) is 0 Å². The maximum atomic E-state index is 13.2. The number of hydrogen-bond acceptors (Lipinski definition) is 4. The molecule has 0 saturated carbocycles. The summed E-state index contributed by atoms with van der Waals surface area (Å²) in [7, 11) is 0. The van der Waals surface area contributed by atoms with E-state index >= 15 is 0 Å². The average Bonchev–Trinajstić information content (AvgIpc) is 2.46. The smallest absolute Gasteiger partial charge is 0.349 e. The lowest BCUT2D eigenvalue weighted by Crippen LogP contribution is -2.38. The Labute approximate surface area is 133 Å². The summed E-state index contributed by atoms with van der Waals surface area (Å²) in [6.45, 7) is 6.78. The lowest BCUT2D eigenvalue weighted by Gasteiger charge is -2.15. The van der Waals surface area contributed by atoms with Gasteiger partial charge in [-0.15, -0.1) is 0 Å². The first kappa shape index (κ1) is 17.1. The molecule has 0 aliphatic rings. The summed E-state index contributed by atoms with van der Waals surface area (Å²) in [6, 6.07) is 4.84. The summed E-state index contributed by atoms with van der Waals surface area (Å²) in [5.41, 5.74) is -0.669. The number of fused-ring (bicyclic) bond motifs is 1. The summed E-state index contributed by atoms with van der Waals surface area (Å²) in [5.74, 6) is -0.626. The van der Waals surface area contributed by atoms with Crippen molar-refractivity contribution < 1.29 is 18.3 Å². The van der Waals surface area contributed by atoms with Gasteiger partial charge in [-0.1, -0.05) is 13.8 Å².